The lowest BCUT2D eigenvalue weighted by Gasteiger charge is -1.28. The minimum Gasteiger partial charge on any atom is -0.212 e. The van der Waals surface area contributed by atoms with Crippen molar-refractivity contribution in [3.8, 4) is 0 Å². The van der Waals surface area contributed by atoms with Crippen molar-refractivity contribution in [2.24, 2.45) is 0 Å². The first-order valence-corrected chi connectivity index (χ1v) is 4.42. The monoisotopic (exact) mass is 129 g/mol. The van der Waals surface area contributed by atoms with Crippen LogP contribution in [0.4, 0.5) is 0 Å². The van der Waals surface area contributed by atoms with Crippen LogP contribution >= 0.6 is 26.2 Å². The quantitative estimate of drug-likeness (QED) is 0.509. The predicted octanol–water partition coefficient (Wildman–Crippen LogP) is 2.17. The molecule has 0 rings (SSSR count). The van der Waals surface area contributed by atoms with Crippen LogP contribution in [-0.2, 0) is 9.13 Å². The number of rotatable bonds is 1. The molecular formula is ClO2P2+. The van der Waals surface area contributed by atoms with Crippen LogP contribution in [0, 0.1) is 0 Å². The Bertz CT molecular complexity index is 58.7. The third-order valence-electron chi connectivity index (χ3n) is 0.0642. The van der Waals surface area contributed by atoms with Crippen LogP contribution in [0.5, 0.6) is 0 Å². The highest BCUT2D eigenvalue weighted by Crippen LogP contribution is 2.40. The lowest BCUT2D eigenvalue weighted by atomic mass is 16.0. The van der Waals surface area contributed by atoms with E-state index in [9.17, 15) is 9.13 Å². The van der Waals surface area contributed by atoms with E-state index < -0.39 is 15.0 Å². The molecule has 0 saturated carbocycles. The molecule has 1 unspecified atom stereocenters. The van der Waals surface area contributed by atoms with Gasteiger partial charge in [-0.25, -0.2) is 4.57 Å². The fraction of sp³-hybridized carbons (Fsp3) is 0. The van der Waals surface area contributed by atoms with Gasteiger partial charge in [0, 0.05) is 0 Å². The fourth-order valence-electron chi connectivity index (χ4n) is 0. The minimum absolute atomic E-state index is 0.478. The second-order valence-electron chi connectivity index (χ2n) is 0.308. The Labute approximate surface area is 36.2 Å². The van der Waals surface area contributed by atoms with Gasteiger partial charge in [-0.05, 0) is 4.57 Å². The molecule has 0 radical (unpaired) electrons. The van der Waals surface area contributed by atoms with Gasteiger partial charge in [-0.1, -0.05) is 0 Å². The van der Waals surface area contributed by atoms with E-state index in [1.165, 1.54) is 0 Å². The van der Waals surface area contributed by atoms with Crippen molar-refractivity contribution in [3.05, 3.63) is 0 Å². The Morgan fingerprint density at radius 2 is 2.00 bits per heavy atom. The van der Waals surface area contributed by atoms with Gasteiger partial charge < -0.3 is 0 Å². The molecule has 0 N–H and O–H groups in total. The van der Waals surface area contributed by atoms with Crippen molar-refractivity contribution in [1.82, 2.24) is 0 Å². The summed E-state index contributed by atoms with van der Waals surface area (Å²) in [5.74, 6) is 0. The van der Waals surface area contributed by atoms with Gasteiger partial charge in [0.15, 0.2) is 0 Å². The Kier molecular flexibility index (Phi) is 2.98. The molecule has 0 heterocycles. The minimum atomic E-state index is -1.96. The maximum Gasteiger partial charge on any atom is 0.553 e. The number of hydrogen-bond acceptors (Lipinski definition) is 2. The van der Waals surface area contributed by atoms with Crippen LogP contribution in [-0.4, -0.2) is 0 Å². The third kappa shape index (κ3) is 4.49. The molecule has 5 heavy (non-hydrogen) atoms. The highest BCUT2D eigenvalue weighted by atomic mass is 35.7. The zero-order chi connectivity index (χ0) is 4.28. The molecule has 0 aliphatic heterocycles. The first-order chi connectivity index (χ1) is 2.27. The van der Waals surface area contributed by atoms with Gasteiger partial charge >= 0.3 is 15.0 Å². The molecule has 0 aliphatic rings. The maximum absolute atomic E-state index is 9.40. The summed E-state index contributed by atoms with van der Waals surface area (Å²) in [6.45, 7) is -1.96. The predicted molar refractivity (Wildman–Crippen MR) is 21.1 cm³/mol. The van der Waals surface area contributed by atoms with Crippen LogP contribution in [0.3, 0.4) is 0 Å². The van der Waals surface area contributed by atoms with Crippen molar-refractivity contribution >= 4 is 26.2 Å². The van der Waals surface area contributed by atoms with Crippen LogP contribution in [0.1, 0.15) is 0 Å². The first kappa shape index (κ1) is 5.49. The van der Waals surface area contributed by atoms with Gasteiger partial charge in [0.25, 0.3) is 0 Å². The molecule has 5 heteroatoms. The molecule has 0 aromatic heterocycles. The van der Waals surface area contributed by atoms with E-state index in [1.807, 2.05) is 0 Å². The molecule has 0 aromatic rings. The lowest BCUT2D eigenvalue weighted by molar-refractivity contribution is 0.590. The maximum atomic E-state index is 9.40. The summed E-state index contributed by atoms with van der Waals surface area (Å²) in [7, 11) is -0.478. The van der Waals surface area contributed by atoms with Crippen molar-refractivity contribution in [2.75, 3.05) is 0 Å². The second kappa shape index (κ2) is 2.71. The Morgan fingerprint density at radius 3 is 2.00 bits per heavy atom. The summed E-state index contributed by atoms with van der Waals surface area (Å²) in [5, 5.41) is 0. The molecular weight excluding hydrogens is 129 g/mol. The zero-order valence-electron chi connectivity index (χ0n) is 2.09. The lowest BCUT2D eigenvalue weighted by Crippen LogP contribution is -1.02. The van der Waals surface area contributed by atoms with Crippen LogP contribution < -0.4 is 0 Å². The topological polar surface area (TPSA) is 34.1 Å². The SMILES string of the molecule is O=P[P+](=O)Cl. The molecule has 0 aromatic carbocycles. The van der Waals surface area contributed by atoms with Crippen LogP contribution in [0.15, 0.2) is 0 Å². The molecule has 0 bridgehead atoms. The van der Waals surface area contributed by atoms with Gasteiger partial charge in [-0.3, -0.25) is 0 Å². The fourth-order valence-corrected chi connectivity index (χ4v) is 0. The molecule has 2 nitrogen and oxygen atoms in total. The van der Waals surface area contributed by atoms with Crippen LogP contribution in [0.25, 0.3) is 0 Å². The molecule has 0 saturated heterocycles. The van der Waals surface area contributed by atoms with Crippen molar-refractivity contribution < 1.29 is 9.13 Å². The summed E-state index contributed by atoms with van der Waals surface area (Å²) in [6, 6.07) is 0. The Balaban J connectivity index is 3.20. The third-order valence-corrected chi connectivity index (χ3v) is 1.13. The normalized spacial score (nSPS) is 11.8. The van der Waals surface area contributed by atoms with E-state index >= 15 is 0 Å². The van der Waals surface area contributed by atoms with Gasteiger partial charge in [0.05, 0.1) is 0 Å². The van der Waals surface area contributed by atoms with Crippen LogP contribution in [0.2, 0.25) is 0 Å². The summed E-state index contributed by atoms with van der Waals surface area (Å²) in [6.07, 6.45) is 0. The molecule has 0 fully saturated rings. The van der Waals surface area contributed by atoms with E-state index in [1.54, 1.807) is 0 Å². The largest absolute Gasteiger partial charge is 0.553 e. The van der Waals surface area contributed by atoms with Gasteiger partial charge in [0.2, 0.25) is 11.2 Å². The average molecular weight is 129 g/mol. The van der Waals surface area contributed by atoms with E-state index in [4.69, 9.17) is 0 Å². The second-order valence-corrected chi connectivity index (χ2v) is 4.13. The average Bonchev–Trinajstić information content (AvgIpc) is 1.38. The van der Waals surface area contributed by atoms with Gasteiger partial charge in [-0.2, -0.15) is 0 Å². The first-order valence-electron chi connectivity index (χ1n) is 0.734. The Hall–Kier alpha value is 0.490. The van der Waals surface area contributed by atoms with Gasteiger partial charge in [-0.15, -0.1) is 0 Å². The van der Waals surface area contributed by atoms with E-state index in [0.29, 0.717) is 0 Å². The molecule has 1 atom stereocenters. The molecule has 0 amide bonds. The van der Waals surface area contributed by atoms with E-state index in [2.05, 4.69) is 11.2 Å². The summed E-state index contributed by atoms with van der Waals surface area (Å²) in [5.41, 5.74) is 0. The van der Waals surface area contributed by atoms with E-state index in [0.717, 1.165) is 0 Å². The number of hydrogen-bond donors (Lipinski definition) is 0. The summed E-state index contributed by atoms with van der Waals surface area (Å²) < 4.78 is 18.6. The summed E-state index contributed by atoms with van der Waals surface area (Å²) >= 11 is 4.65. The molecule has 28 valence electrons. The van der Waals surface area contributed by atoms with Crippen molar-refractivity contribution in [1.29, 1.82) is 0 Å². The summed E-state index contributed by atoms with van der Waals surface area (Å²) in [4.78, 5) is 0. The van der Waals surface area contributed by atoms with Crippen molar-refractivity contribution in [2.45, 2.75) is 0 Å². The standard InChI is InChI=1S/ClO2P2/c1-5(3)4-2/q+1. The zero-order valence-corrected chi connectivity index (χ0v) is 4.63. The van der Waals surface area contributed by atoms with Crippen molar-refractivity contribution in [3.63, 3.8) is 0 Å². The highest BCUT2D eigenvalue weighted by Gasteiger charge is 2.07. The highest BCUT2D eigenvalue weighted by molar-refractivity contribution is 8.22. The smallest absolute Gasteiger partial charge is 0.212 e. The van der Waals surface area contributed by atoms with E-state index in [-0.39, 0.29) is 0 Å². The molecule has 0 spiro atoms. The van der Waals surface area contributed by atoms with Gasteiger partial charge in [0.1, 0.15) is 0 Å². The number of halogens is 1. The molecule has 0 aliphatic carbocycles. The Morgan fingerprint density at radius 1 is 1.80 bits per heavy atom.